The summed E-state index contributed by atoms with van der Waals surface area (Å²) in [5.41, 5.74) is 3.70. The molecule has 2 aliphatic carbocycles. The van der Waals surface area contributed by atoms with Gasteiger partial charge in [-0.2, -0.15) is 0 Å². The Balaban J connectivity index is 1.14. The Morgan fingerprint density at radius 1 is 0.886 bits per heavy atom. The van der Waals surface area contributed by atoms with E-state index >= 15 is 0 Å². The lowest BCUT2D eigenvalue weighted by Gasteiger charge is -2.38. The highest BCUT2D eigenvalue weighted by atomic mass is 16.5. The van der Waals surface area contributed by atoms with E-state index < -0.39 is 0 Å². The van der Waals surface area contributed by atoms with Gasteiger partial charge in [-0.05, 0) is 119 Å². The molecule has 0 spiro atoms. The average Bonchev–Trinajstić information content (AvgIpc) is 2.90. The summed E-state index contributed by atoms with van der Waals surface area (Å²) in [6.45, 7) is 9.17. The number of likely N-dealkylation sites (tertiary alicyclic amines) is 1. The van der Waals surface area contributed by atoms with Crippen molar-refractivity contribution in [2.45, 2.75) is 115 Å². The van der Waals surface area contributed by atoms with Crippen LogP contribution in [-0.2, 0) is 16.0 Å². The Morgan fingerprint density at radius 3 is 2.14 bits per heavy atom. The molecule has 3 nitrogen and oxygen atoms in total. The first-order chi connectivity index (χ1) is 17.1. The summed E-state index contributed by atoms with van der Waals surface area (Å²) in [6, 6.07) is 9.57. The van der Waals surface area contributed by atoms with Crippen molar-refractivity contribution in [3.63, 3.8) is 0 Å². The first kappa shape index (κ1) is 26.5. The quantitative estimate of drug-likeness (QED) is 0.194. The van der Waals surface area contributed by atoms with Crippen molar-refractivity contribution in [3.05, 3.63) is 47.5 Å². The summed E-state index contributed by atoms with van der Waals surface area (Å²) < 4.78 is 5.88. The van der Waals surface area contributed by atoms with E-state index in [2.05, 4.69) is 42.7 Å². The van der Waals surface area contributed by atoms with Crippen molar-refractivity contribution in [2.75, 3.05) is 19.6 Å². The number of carbonyl (C=O) groups excluding carboxylic acids is 1. The molecule has 0 unspecified atom stereocenters. The molecule has 1 aromatic carbocycles. The normalized spacial score (nSPS) is 27.9. The number of aryl methyl sites for hydroxylation is 1. The van der Waals surface area contributed by atoms with Crippen molar-refractivity contribution < 1.29 is 9.53 Å². The van der Waals surface area contributed by atoms with E-state index in [1.165, 1.54) is 89.0 Å². The van der Waals surface area contributed by atoms with Gasteiger partial charge in [-0.3, -0.25) is 4.90 Å². The van der Waals surface area contributed by atoms with Crippen LogP contribution in [0.3, 0.4) is 0 Å². The van der Waals surface area contributed by atoms with Gasteiger partial charge >= 0.3 is 5.97 Å². The number of esters is 1. The molecule has 194 valence electrons. The molecular formula is C32H49NO2. The van der Waals surface area contributed by atoms with Gasteiger partial charge in [0.05, 0.1) is 0 Å². The highest BCUT2D eigenvalue weighted by molar-refractivity contribution is 5.88. The molecule has 35 heavy (non-hydrogen) atoms. The lowest BCUT2D eigenvalue weighted by molar-refractivity contribution is -0.146. The molecule has 3 fully saturated rings. The second kappa shape index (κ2) is 13.6. The lowest BCUT2D eigenvalue weighted by Crippen LogP contribution is -2.34. The lowest BCUT2D eigenvalue weighted by atomic mass is 9.69. The highest BCUT2D eigenvalue weighted by Gasteiger charge is 2.32. The maximum absolute atomic E-state index is 12.6. The molecule has 3 heteroatoms. The summed E-state index contributed by atoms with van der Waals surface area (Å²) in [5.74, 6) is 2.28. The molecule has 0 atom stereocenters. The van der Waals surface area contributed by atoms with Crippen LogP contribution < -0.4 is 0 Å². The van der Waals surface area contributed by atoms with Crippen LogP contribution in [-0.4, -0.2) is 36.6 Å². The number of unbranched alkanes of at least 4 members (excludes halogenated alkanes) is 2. The molecule has 2 saturated carbocycles. The van der Waals surface area contributed by atoms with Crippen LogP contribution in [0.5, 0.6) is 0 Å². The Bertz CT molecular complexity index is 778. The molecule has 0 N–H and O–H groups in total. The fraction of sp³-hybridized carbons (Fsp3) is 0.719. The number of piperidine rings is 1. The van der Waals surface area contributed by atoms with E-state index in [9.17, 15) is 4.79 Å². The van der Waals surface area contributed by atoms with Gasteiger partial charge < -0.3 is 4.74 Å². The molecule has 0 radical (unpaired) electrons. The topological polar surface area (TPSA) is 29.5 Å². The van der Waals surface area contributed by atoms with Crippen LogP contribution in [0.1, 0.15) is 114 Å². The van der Waals surface area contributed by atoms with Gasteiger partial charge in [0, 0.05) is 12.1 Å². The van der Waals surface area contributed by atoms with Crippen molar-refractivity contribution in [1.82, 2.24) is 4.90 Å². The fourth-order valence-electron chi connectivity index (χ4n) is 6.82. The minimum absolute atomic E-state index is 0.101. The Morgan fingerprint density at radius 2 is 1.51 bits per heavy atom. The second-order valence-electron chi connectivity index (χ2n) is 11.7. The number of nitrogens with zero attached hydrogens (tertiary/aromatic N) is 1. The van der Waals surface area contributed by atoms with Gasteiger partial charge in [0.2, 0.25) is 0 Å². The van der Waals surface area contributed by atoms with Crippen LogP contribution in [0, 0.1) is 11.8 Å². The summed E-state index contributed by atoms with van der Waals surface area (Å²) in [6.07, 6.45) is 19.0. The molecule has 0 aromatic heterocycles. The van der Waals surface area contributed by atoms with Gasteiger partial charge in [-0.15, -0.1) is 0 Å². The summed E-state index contributed by atoms with van der Waals surface area (Å²) in [7, 11) is 0. The molecule has 1 aromatic rings. The van der Waals surface area contributed by atoms with E-state index in [0.29, 0.717) is 12.1 Å². The van der Waals surface area contributed by atoms with Crippen LogP contribution in [0.25, 0.3) is 0 Å². The van der Waals surface area contributed by atoms with Crippen LogP contribution in [0.15, 0.2) is 36.4 Å². The van der Waals surface area contributed by atoms with Crippen LogP contribution >= 0.6 is 0 Å². The van der Waals surface area contributed by atoms with Crippen molar-refractivity contribution in [2.24, 2.45) is 11.8 Å². The maximum atomic E-state index is 12.6. The Labute approximate surface area is 214 Å². The third kappa shape index (κ3) is 7.94. The zero-order valence-electron chi connectivity index (χ0n) is 22.3. The predicted molar refractivity (Wildman–Crippen MR) is 146 cm³/mol. The number of carbonyl (C=O) groups is 1. The van der Waals surface area contributed by atoms with E-state index in [1.54, 1.807) is 5.56 Å². The minimum Gasteiger partial charge on any atom is -0.459 e. The molecule has 0 bridgehead atoms. The van der Waals surface area contributed by atoms with Gasteiger partial charge in [0.15, 0.2) is 0 Å². The number of hydrogen-bond acceptors (Lipinski definition) is 3. The van der Waals surface area contributed by atoms with Gasteiger partial charge in [-0.25, -0.2) is 4.79 Å². The van der Waals surface area contributed by atoms with Crippen molar-refractivity contribution >= 4 is 5.97 Å². The number of hydrogen-bond donors (Lipinski definition) is 0. The Hall–Kier alpha value is -1.61. The first-order valence-electron chi connectivity index (χ1n) is 14.8. The molecule has 1 aliphatic heterocycles. The molecule has 0 amide bonds. The van der Waals surface area contributed by atoms with Crippen molar-refractivity contribution in [3.8, 4) is 0 Å². The van der Waals surface area contributed by atoms with Crippen molar-refractivity contribution in [1.29, 1.82) is 0 Å². The fourth-order valence-corrected chi connectivity index (χ4v) is 6.82. The zero-order chi connectivity index (χ0) is 24.5. The smallest absolute Gasteiger partial charge is 0.334 e. The standard InChI is InChI=1S/C32H49NO2/c1-3-4-6-9-26-10-12-27(13-11-26)28-14-16-29(17-15-28)30-18-20-31(21-19-30)35-32(34)25(2)24-33-22-7-5-8-23-33/h10-13,28-31H,2-9,14-24H2,1H3. The third-order valence-corrected chi connectivity index (χ3v) is 9.10. The predicted octanol–water partition coefficient (Wildman–Crippen LogP) is 7.84. The minimum atomic E-state index is -0.157. The largest absolute Gasteiger partial charge is 0.459 e. The summed E-state index contributed by atoms with van der Waals surface area (Å²) in [5, 5.41) is 0. The number of ether oxygens (including phenoxy) is 1. The van der Waals surface area contributed by atoms with E-state index in [-0.39, 0.29) is 12.1 Å². The maximum Gasteiger partial charge on any atom is 0.334 e. The summed E-state index contributed by atoms with van der Waals surface area (Å²) >= 11 is 0. The number of benzene rings is 1. The molecule has 1 heterocycles. The average molecular weight is 480 g/mol. The molecule has 1 saturated heterocycles. The zero-order valence-corrected chi connectivity index (χ0v) is 22.3. The van der Waals surface area contributed by atoms with Gasteiger partial charge in [0.25, 0.3) is 0 Å². The van der Waals surface area contributed by atoms with E-state index in [1.807, 2.05) is 0 Å². The Kier molecular flexibility index (Phi) is 10.3. The molecule has 4 rings (SSSR count). The van der Waals surface area contributed by atoms with Gasteiger partial charge in [0.1, 0.15) is 6.10 Å². The monoisotopic (exact) mass is 479 g/mol. The van der Waals surface area contributed by atoms with Gasteiger partial charge in [-0.1, -0.05) is 57.0 Å². The molecular weight excluding hydrogens is 430 g/mol. The molecule has 3 aliphatic rings. The third-order valence-electron chi connectivity index (χ3n) is 9.10. The second-order valence-corrected chi connectivity index (χ2v) is 11.7. The van der Waals surface area contributed by atoms with Crippen LogP contribution in [0.2, 0.25) is 0 Å². The SMILES string of the molecule is C=C(CN1CCCCC1)C(=O)OC1CCC(C2CCC(c3ccc(CCCCC)cc3)CC2)CC1. The van der Waals surface area contributed by atoms with E-state index in [4.69, 9.17) is 4.74 Å². The first-order valence-corrected chi connectivity index (χ1v) is 14.8. The van der Waals surface area contributed by atoms with Crippen LogP contribution in [0.4, 0.5) is 0 Å². The van der Waals surface area contributed by atoms with E-state index in [0.717, 1.165) is 43.7 Å². The number of rotatable bonds is 10. The summed E-state index contributed by atoms with van der Waals surface area (Å²) in [4.78, 5) is 14.9. The highest BCUT2D eigenvalue weighted by Crippen LogP contribution is 2.43.